The number of thioether (sulfide) groups is 1. The number of aliphatic imine (C=N–C) groups is 1. The summed E-state index contributed by atoms with van der Waals surface area (Å²) in [6.07, 6.45) is 3.39. The second-order valence-electron chi connectivity index (χ2n) is 4.98. The van der Waals surface area contributed by atoms with E-state index in [-0.39, 0.29) is 11.5 Å². The van der Waals surface area contributed by atoms with Crippen LogP contribution in [-0.2, 0) is 4.79 Å². The van der Waals surface area contributed by atoms with Crippen molar-refractivity contribution in [1.29, 1.82) is 0 Å². The lowest BCUT2D eigenvalue weighted by Crippen LogP contribution is -2.23. The standard InChI is InChI=1S/C17H13N3O3S/c1-20-15(21)14(10-13-4-2-3-9-18-13)24-17(20)19-12-7-5-11(6-8-12)16(22)23/h2-10H,1H3,(H,22,23)/b14-10-,19-17?. The SMILES string of the molecule is CN1C(=O)/C(=C/c2ccccn2)SC1=Nc1ccc(C(=O)O)cc1. The third kappa shape index (κ3) is 3.36. The summed E-state index contributed by atoms with van der Waals surface area (Å²) in [4.78, 5) is 33.8. The van der Waals surface area contributed by atoms with Gasteiger partial charge in [-0.15, -0.1) is 0 Å². The van der Waals surface area contributed by atoms with Gasteiger partial charge < -0.3 is 5.11 Å². The molecule has 7 heteroatoms. The number of amides is 1. The highest BCUT2D eigenvalue weighted by Gasteiger charge is 2.30. The number of aromatic nitrogens is 1. The molecule has 0 bridgehead atoms. The fraction of sp³-hybridized carbons (Fsp3) is 0.0588. The van der Waals surface area contributed by atoms with Gasteiger partial charge in [0.2, 0.25) is 0 Å². The van der Waals surface area contributed by atoms with E-state index in [1.54, 1.807) is 31.5 Å². The first kappa shape index (κ1) is 15.9. The number of amidine groups is 1. The Morgan fingerprint density at radius 1 is 1.25 bits per heavy atom. The molecule has 1 fully saturated rings. The first-order valence-electron chi connectivity index (χ1n) is 7.05. The van der Waals surface area contributed by atoms with Crippen molar-refractivity contribution in [2.24, 2.45) is 4.99 Å². The van der Waals surface area contributed by atoms with Gasteiger partial charge in [-0.05, 0) is 54.2 Å². The summed E-state index contributed by atoms with van der Waals surface area (Å²) < 4.78 is 0. The van der Waals surface area contributed by atoms with Crippen LogP contribution < -0.4 is 0 Å². The highest BCUT2D eigenvalue weighted by Crippen LogP contribution is 2.32. The number of rotatable bonds is 3. The third-order valence-electron chi connectivity index (χ3n) is 3.31. The number of aromatic carboxylic acids is 1. The Morgan fingerprint density at radius 3 is 2.62 bits per heavy atom. The highest BCUT2D eigenvalue weighted by molar-refractivity contribution is 8.18. The smallest absolute Gasteiger partial charge is 0.335 e. The summed E-state index contributed by atoms with van der Waals surface area (Å²) in [6.45, 7) is 0. The second-order valence-corrected chi connectivity index (χ2v) is 5.98. The van der Waals surface area contributed by atoms with Crippen LogP contribution in [0.5, 0.6) is 0 Å². The maximum absolute atomic E-state index is 12.3. The Balaban J connectivity index is 1.86. The molecule has 1 aromatic heterocycles. The highest BCUT2D eigenvalue weighted by atomic mass is 32.2. The number of benzene rings is 1. The molecular weight excluding hydrogens is 326 g/mol. The molecule has 1 aliphatic heterocycles. The van der Waals surface area contributed by atoms with Crippen molar-refractivity contribution >= 4 is 40.6 Å². The zero-order valence-corrected chi connectivity index (χ0v) is 13.5. The molecule has 2 heterocycles. The predicted octanol–water partition coefficient (Wildman–Crippen LogP) is 3.01. The Hall–Kier alpha value is -2.93. The molecule has 0 aliphatic carbocycles. The number of hydrogen-bond donors (Lipinski definition) is 1. The summed E-state index contributed by atoms with van der Waals surface area (Å²) in [5.74, 6) is -1.14. The minimum Gasteiger partial charge on any atom is -0.478 e. The van der Waals surface area contributed by atoms with E-state index < -0.39 is 5.97 Å². The first-order valence-corrected chi connectivity index (χ1v) is 7.87. The molecule has 2 aromatic rings. The molecular formula is C17H13N3O3S. The molecule has 1 amide bonds. The Kier molecular flexibility index (Phi) is 4.43. The number of carbonyl (C=O) groups is 2. The Bertz CT molecular complexity index is 845. The summed E-state index contributed by atoms with van der Waals surface area (Å²) in [5.41, 5.74) is 1.48. The topological polar surface area (TPSA) is 82.9 Å². The lowest BCUT2D eigenvalue weighted by molar-refractivity contribution is -0.121. The van der Waals surface area contributed by atoms with Crippen molar-refractivity contribution in [3.05, 3.63) is 64.8 Å². The van der Waals surface area contributed by atoms with Gasteiger partial charge in [0, 0.05) is 13.2 Å². The van der Waals surface area contributed by atoms with E-state index in [2.05, 4.69) is 9.98 Å². The van der Waals surface area contributed by atoms with Crippen molar-refractivity contribution in [2.75, 3.05) is 7.05 Å². The number of carboxylic acid groups (broad SMARTS) is 1. The molecule has 1 aromatic carbocycles. The van der Waals surface area contributed by atoms with E-state index >= 15 is 0 Å². The fourth-order valence-electron chi connectivity index (χ4n) is 2.04. The van der Waals surface area contributed by atoms with Gasteiger partial charge in [-0.3, -0.25) is 14.7 Å². The zero-order valence-electron chi connectivity index (χ0n) is 12.7. The minimum atomic E-state index is -0.989. The maximum Gasteiger partial charge on any atom is 0.335 e. The van der Waals surface area contributed by atoms with Gasteiger partial charge >= 0.3 is 5.97 Å². The van der Waals surface area contributed by atoms with E-state index in [1.807, 2.05) is 18.2 Å². The molecule has 0 spiro atoms. The van der Waals surface area contributed by atoms with E-state index in [9.17, 15) is 9.59 Å². The van der Waals surface area contributed by atoms with Crippen LogP contribution in [0.1, 0.15) is 16.1 Å². The number of hydrogen-bond acceptors (Lipinski definition) is 5. The van der Waals surface area contributed by atoms with Gasteiger partial charge in [-0.2, -0.15) is 0 Å². The molecule has 1 N–H and O–H groups in total. The van der Waals surface area contributed by atoms with Crippen molar-refractivity contribution < 1.29 is 14.7 Å². The number of nitrogens with zero attached hydrogens (tertiary/aromatic N) is 3. The third-order valence-corrected chi connectivity index (χ3v) is 4.37. The van der Waals surface area contributed by atoms with Gasteiger partial charge in [-0.25, -0.2) is 9.79 Å². The lowest BCUT2D eigenvalue weighted by Gasteiger charge is -2.07. The molecule has 0 radical (unpaired) electrons. The number of carbonyl (C=O) groups excluding carboxylic acids is 1. The van der Waals surface area contributed by atoms with Crippen molar-refractivity contribution in [1.82, 2.24) is 9.88 Å². The molecule has 1 saturated heterocycles. The summed E-state index contributed by atoms with van der Waals surface area (Å²) >= 11 is 1.26. The molecule has 6 nitrogen and oxygen atoms in total. The largest absolute Gasteiger partial charge is 0.478 e. The summed E-state index contributed by atoms with van der Waals surface area (Å²) in [5, 5.41) is 9.44. The number of pyridine rings is 1. The normalized spacial score (nSPS) is 17.7. The van der Waals surface area contributed by atoms with Gasteiger partial charge in [0.15, 0.2) is 5.17 Å². The van der Waals surface area contributed by atoms with Gasteiger partial charge in [0.1, 0.15) is 0 Å². The van der Waals surface area contributed by atoms with Crippen LogP contribution >= 0.6 is 11.8 Å². The van der Waals surface area contributed by atoms with Gasteiger partial charge in [0.25, 0.3) is 5.91 Å². The van der Waals surface area contributed by atoms with Crippen LogP contribution in [0.25, 0.3) is 6.08 Å². The van der Waals surface area contributed by atoms with E-state index in [0.29, 0.717) is 21.5 Å². The van der Waals surface area contributed by atoms with Crippen LogP contribution in [-0.4, -0.2) is 39.1 Å². The van der Waals surface area contributed by atoms with E-state index in [4.69, 9.17) is 5.11 Å². The molecule has 0 atom stereocenters. The van der Waals surface area contributed by atoms with Crippen molar-refractivity contribution in [2.45, 2.75) is 0 Å². The number of carboxylic acids is 1. The fourth-order valence-corrected chi connectivity index (χ4v) is 3.01. The van der Waals surface area contributed by atoms with Crippen molar-refractivity contribution in [3.63, 3.8) is 0 Å². The zero-order chi connectivity index (χ0) is 17.1. The maximum atomic E-state index is 12.3. The second kappa shape index (κ2) is 6.67. The molecule has 120 valence electrons. The van der Waals surface area contributed by atoms with E-state index in [1.165, 1.54) is 28.8 Å². The molecule has 0 saturated carbocycles. The molecule has 3 rings (SSSR count). The minimum absolute atomic E-state index is 0.147. The number of likely N-dealkylation sites (N-methyl/N-ethyl adjacent to an activating group) is 1. The molecule has 0 unspecified atom stereocenters. The Morgan fingerprint density at radius 2 is 2.00 bits per heavy atom. The van der Waals surface area contributed by atoms with Crippen LogP contribution in [0, 0.1) is 0 Å². The van der Waals surface area contributed by atoms with Crippen molar-refractivity contribution in [3.8, 4) is 0 Å². The lowest BCUT2D eigenvalue weighted by atomic mass is 10.2. The molecule has 1 aliphatic rings. The average molecular weight is 339 g/mol. The monoisotopic (exact) mass is 339 g/mol. The molecule has 24 heavy (non-hydrogen) atoms. The van der Waals surface area contributed by atoms with Crippen LogP contribution in [0.15, 0.2) is 58.6 Å². The average Bonchev–Trinajstić information content (AvgIpc) is 2.84. The van der Waals surface area contributed by atoms with Crippen LogP contribution in [0.4, 0.5) is 5.69 Å². The van der Waals surface area contributed by atoms with Gasteiger partial charge in [0.05, 0.1) is 21.8 Å². The Labute approximate surface area is 142 Å². The van der Waals surface area contributed by atoms with Crippen LogP contribution in [0.2, 0.25) is 0 Å². The van der Waals surface area contributed by atoms with E-state index in [0.717, 1.165) is 0 Å². The first-order chi connectivity index (χ1) is 11.5. The summed E-state index contributed by atoms with van der Waals surface area (Å²) in [6, 6.07) is 11.7. The van der Waals surface area contributed by atoms with Gasteiger partial charge in [-0.1, -0.05) is 6.07 Å². The summed E-state index contributed by atoms with van der Waals surface area (Å²) in [7, 11) is 1.65. The van der Waals surface area contributed by atoms with Crippen LogP contribution in [0.3, 0.4) is 0 Å². The quantitative estimate of drug-likeness (QED) is 0.869. The predicted molar refractivity (Wildman–Crippen MR) is 93.1 cm³/mol.